The summed E-state index contributed by atoms with van der Waals surface area (Å²) in [5.41, 5.74) is -0.0609. The van der Waals surface area contributed by atoms with Crippen molar-refractivity contribution in [3.63, 3.8) is 0 Å². The lowest BCUT2D eigenvalue weighted by Gasteiger charge is -2.63. The van der Waals surface area contributed by atoms with Crippen LogP contribution in [0.4, 0.5) is 4.39 Å². The highest BCUT2D eigenvalue weighted by Gasteiger charge is 2.58. The van der Waals surface area contributed by atoms with Gasteiger partial charge in [0, 0.05) is 17.1 Å². The van der Waals surface area contributed by atoms with Crippen molar-refractivity contribution >= 4 is 28.5 Å². The summed E-state index contributed by atoms with van der Waals surface area (Å²) in [6.45, 7) is 1.86. The van der Waals surface area contributed by atoms with E-state index < -0.39 is 17.2 Å². The Kier molecular flexibility index (Phi) is 3.07. The standard InChI is InChI=1S/C17H15ClFNO3/c1-2-23-16(22)11-8-20(17-5-9(6-17)7-17)14-4-12(18)13(19)3-10(14)15(11)21/h3-4,8-9H,2,5-7H2,1H3. The van der Waals surface area contributed by atoms with E-state index in [-0.39, 0.29) is 28.1 Å². The lowest BCUT2D eigenvalue weighted by atomic mass is 9.49. The molecule has 0 spiro atoms. The van der Waals surface area contributed by atoms with Crippen LogP contribution in [0.25, 0.3) is 10.9 Å². The van der Waals surface area contributed by atoms with Crippen molar-refractivity contribution in [1.29, 1.82) is 0 Å². The van der Waals surface area contributed by atoms with Crippen molar-refractivity contribution in [3.05, 3.63) is 45.0 Å². The van der Waals surface area contributed by atoms with Gasteiger partial charge in [-0.25, -0.2) is 9.18 Å². The first-order valence-electron chi connectivity index (χ1n) is 7.67. The Hall–Kier alpha value is -1.88. The molecule has 5 rings (SSSR count). The molecule has 3 fully saturated rings. The topological polar surface area (TPSA) is 48.3 Å². The predicted octanol–water partition coefficient (Wildman–Crippen LogP) is 3.48. The van der Waals surface area contributed by atoms with Crippen molar-refractivity contribution in [2.75, 3.05) is 6.61 Å². The summed E-state index contributed by atoms with van der Waals surface area (Å²) in [5.74, 6) is -0.622. The number of halogens is 2. The average molecular weight is 336 g/mol. The monoisotopic (exact) mass is 335 g/mol. The molecule has 6 heteroatoms. The Bertz CT molecular complexity index is 888. The number of rotatable bonds is 3. The number of hydrogen-bond donors (Lipinski definition) is 0. The summed E-state index contributed by atoms with van der Waals surface area (Å²) >= 11 is 5.91. The minimum atomic E-state index is -0.671. The zero-order valence-corrected chi connectivity index (χ0v) is 13.3. The third-order valence-electron chi connectivity index (χ3n) is 5.06. The molecule has 1 aromatic heterocycles. The molecule has 3 aliphatic carbocycles. The predicted molar refractivity (Wildman–Crippen MR) is 84.4 cm³/mol. The van der Waals surface area contributed by atoms with E-state index in [9.17, 15) is 14.0 Å². The molecular weight excluding hydrogens is 321 g/mol. The van der Waals surface area contributed by atoms with Crippen molar-refractivity contribution in [1.82, 2.24) is 4.57 Å². The molecule has 0 radical (unpaired) electrons. The van der Waals surface area contributed by atoms with E-state index in [0.29, 0.717) is 11.4 Å². The molecule has 4 nitrogen and oxygen atoms in total. The molecule has 0 amide bonds. The maximum atomic E-state index is 13.8. The van der Waals surface area contributed by atoms with Crippen LogP contribution in [-0.2, 0) is 10.3 Å². The van der Waals surface area contributed by atoms with E-state index in [4.69, 9.17) is 16.3 Å². The Morgan fingerprint density at radius 3 is 2.70 bits per heavy atom. The van der Waals surface area contributed by atoms with Gasteiger partial charge in [-0.05, 0) is 44.2 Å². The first-order chi connectivity index (χ1) is 10.9. The van der Waals surface area contributed by atoms with Crippen molar-refractivity contribution in [3.8, 4) is 0 Å². The van der Waals surface area contributed by atoms with Crippen LogP contribution in [0.5, 0.6) is 0 Å². The molecule has 0 unspecified atom stereocenters. The Balaban J connectivity index is 2.01. The molecule has 0 saturated heterocycles. The minimum Gasteiger partial charge on any atom is -0.462 e. The summed E-state index contributed by atoms with van der Waals surface area (Å²) in [4.78, 5) is 24.7. The van der Waals surface area contributed by atoms with Crippen LogP contribution in [0.1, 0.15) is 36.5 Å². The highest BCUT2D eigenvalue weighted by Crippen LogP contribution is 2.62. The quantitative estimate of drug-likeness (QED) is 0.807. The van der Waals surface area contributed by atoms with E-state index in [1.165, 1.54) is 6.07 Å². The number of hydrogen-bond acceptors (Lipinski definition) is 3. The second kappa shape index (κ2) is 4.81. The zero-order valence-electron chi connectivity index (χ0n) is 12.6. The first-order valence-corrected chi connectivity index (χ1v) is 8.05. The highest BCUT2D eigenvalue weighted by atomic mass is 35.5. The Labute approximate surface area is 136 Å². The summed E-state index contributed by atoms with van der Waals surface area (Å²) in [6.07, 6.45) is 4.61. The van der Waals surface area contributed by atoms with Crippen molar-refractivity contribution < 1.29 is 13.9 Å². The number of aromatic nitrogens is 1. The molecule has 2 bridgehead atoms. The van der Waals surface area contributed by atoms with Crippen LogP contribution in [0.15, 0.2) is 23.1 Å². The number of carbonyl (C=O) groups excluding carboxylic acids is 1. The van der Waals surface area contributed by atoms with E-state index in [1.54, 1.807) is 13.1 Å². The molecular formula is C17H15ClFNO3. The first kappa shape index (κ1) is 14.7. The molecule has 1 heterocycles. The fourth-order valence-electron chi connectivity index (χ4n) is 3.79. The number of fused-ring (bicyclic) bond motifs is 1. The minimum absolute atomic E-state index is 0.0267. The van der Waals surface area contributed by atoms with Gasteiger partial charge in [0.25, 0.3) is 0 Å². The average Bonchev–Trinajstić information content (AvgIpc) is 2.40. The zero-order chi connectivity index (χ0) is 16.4. The van der Waals surface area contributed by atoms with Gasteiger partial charge in [-0.3, -0.25) is 4.79 Å². The summed E-state index contributed by atoms with van der Waals surface area (Å²) in [7, 11) is 0. The maximum absolute atomic E-state index is 13.8. The Morgan fingerprint density at radius 2 is 2.13 bits per heavy atom. The van der Waals surface area contributed by atoms with Crippen LogP contribution < -0.4 is 5.43 Å². The van der Waals surface area contributed by atoms with Crippen molar-refractivity contribution in [2.24, 2.45) is 5.92 Å². The lowest BCUT2D eigenvalue weighted by Crippen LogP contribution is -2.59. The van der Waals surface area contributed by atoms with Gasteiger partial charge in [0.15, 0.2) is 0 Å². The van der Waals surface area contributed by atoms with Gasteiger partial charge >= 0.3 is 5.97 Å². The SMILES string of the molecule is CCOC(=O)c1cn(C23CC(C2)C3)c2cc(Cl)c(F)cc2c1=O. The molecule has 0 aliphatic heterocycles. The second-order valence-corrected chi connectivity index (χ2v) is 6.86. The number of carbonyl (C=O) groups is 1. The van der Waals surface area contributed by atoms with Gasteiger partial charge in [0.2, 0.25) is 5.43 Å². The molecule has 3 saturated carbocycles. The van der Waals surface area contributed by atoms with Crippen LogP contribution in [0, 0.1) is 11.7 Å². The number of esters is 1. The van der Waals surface area contributed by atoms with E-state index in [0.717, 1.165) is 25.3 Å². The molecule has 120 valence electrons. The third-order valence-corrected chi connectivity index (χ3v) is 5.35. The normalized spacial score (nSPS) is 24.9. The number of nitrogens with zero attached hydrogens (tertiary/aromatic N) is 1. The number of ether oxygens (including phenoxy) is 1. The molecule has 0 atom stereocenters. The molecule has 23 heavy (non-hydrogen) atoms. The Morgan fingerprint density at radius 1 is 1.43 bits per heavy atom. The van der Waals surface area contributed by atoms with Crippen LogP contribution in [0.2, 0.25) is 5.02 Å². The van der Waals surface area contributed by atoms with E-state index in [1.807, 2.05) is 4.57 Å². The van der Waals surface area contributed by atoms with Gasteiger partial charge in [-0.1, -0.05) is 11.6 Å². The van der Waals surface area contributed by atoms with Crippen molar-refractivity contribution in [2.45, 2.75) is 31.7 Å². The third kappa shape index (κ3) is 1.96. The van der Waals surface area contributed by atoms with Gasteiger partial charge < -0.3 is 9.30 Å². The largest absolute Gasteiger partial charge is 0.462 e. The van der Waals surface area contributed by atoms with Gasteiger partial charge in [-0.15, -0.1) is 0 Å². The number of pyridine rings is 1. The fraction of sp³-hybridized carbons (Fsp3) is 0.412. The fourth-order valence-corrected chi connectivity index (χ4v) is 3.95. The summed E-state index contributed by atoms with van der Waals surface area (Å²) < 4.78 is 20.8. The summed E-state index contributed by atoms with van der Waals surface area (Å²) in [6, 6.07) is 2.59. The van der Waals surface area contributed by atoms with Gasteiger partial charge in [-0.2, -0.15) is 0 Å². The van der Waals surface area contributed by atoms with E-state index in [2.05, 4.69) is 0 Å². The van der Waals surface area contributed by atoms with Gasteiger partial charge in [0.1, 0.15) is 11.4 Å². The molecule has 3 aliphatic rings. The van der Waals surface area contributed by atoms with E-state index >= 15 is 0 Å². The smallest absolute Gasteiger partial charge is 0.343 e. The maximum Gasteiger partial charge on any atom is 0.343 e. The lowest BCUT2D eigenvalue weighted by molar-refractivity contribution is -0.0860. The highest BCUT2D eigenvalue weighted by molar-refractivity contribution is 6.31. The van der Waals surface area contributed by atoms with Gasteiger partial charge in [0.05, 0.1) is 17.1 Å². The van der Waals surface area contributed by atoms with Crippen LogP contribution in [0.3, 0.4) is 0 Å². The molecule has 2 aromatic rings. The molecule has 1 aromatic carbocycles. The summed E-state index contributed by atoms with van der Waals surface area (Å²) in [5, 5.41) is 0.142. The van der Waals surface area contributed by atoms with Crippen LogP contribution >= 0.6 is 11.6 Å². The number of benzene rings is 1. The molecule has 0 N–H and O–H groups in total. The second-order valence-electron chi connectivity index (χ2n) is 6.45. The van der Waals surface area contributed by atoms with Crippen LogP contribution in [-0.4, -0.2) is 17.1 Å².